The van der Waals surface area contributed by atoms with Crippen LogP contribution < -0.4 is 9.64 Å². The summed E-state index contributed by atoms with van der Waals surface area (Å²) in [6, 6.07) is 5.58. The van der Waals surface area contributed by atoms with Crippen LogP contribution in [0.5, 0.6) is 5.75 Å². The normalized spacial score (nSPS) is 23.8. The second-order valence-electron chi connectivity index (χ2n) is 8.96. The van der Waals surface area contributed by atoms with Crippen LogP contribution in [-0.2, 0) is 12.4 Å². The summed E-state index contributed by atoms with van der Waals surface area (Å²) in [7, 11) is 0. The molecule has 3 heterocycles. The molecule has 0 radical (unpaired) electrons. The molecule has 2 fully saturated rings. The summed E-state index contributed by atoms with van der Waals surface area (Å²) in [6.07, 6.45) is -5.83. The number of aliphatic hydroxyl groups is 1. The fourth-order valence-corrected chi connectivity index (χ4v) is 5.00. The fourth-order valence-electron chi connectivity index (χ4n) is 5.00. The van der Waals surface area contributed by atoms with Gasteiger partial charge in [0.1, 0.15) is 17.7 Å². The number of benzene rings is 1. The van der Waals surface area contributed by atoms with Crippen LogP contribution in [0.3, 0.4) is 0 Å². The first kappa shape index (κ1) is 24.6. The van der Waals surface area contributed by atoms with Crippen molar-refractivity contribution < 1.29 is 36.2 Å². The summed E-state index contributed by atoms with van der Waals surface area (Å²) < 4.78 is 84.4. The molecule has 0 saturated carbocycles. The number of hydrogen-bond acceptors (Lipinski definition) is 4. The Morgan fingerprint density at radius 2 is 1.62 bits per heavy atom. The third-order valence-electron chi connectivity index (χ3n) is 6.58. The van der Waals surface area contributed by atoms with Gasteiger partial charge in [-0.3, -0.25) is 0 Å². The van der Waals surface area contributed by atoms with Crippen molar-refractivity contribution >= 4 is 5.82 Å². The number of alkyl halides is 6. The zero-order chi connectivity index (χ0) is 24.7. The minimum atomic E-state index is -4.53. The maximum Gasteiger partial charge on any atom is 0.417 e. The standard InChI is InChI=1S/C24H26F6N2O2/c1-2-3-20(33)19-10-14(23(25,26)27)4-8-21(19)34-18-11-16-6-7-17(12-18)32(16)22-9-5-15(13-31-22)24(28,29)30/h4-5,8-10,13,16-18,20,33H,2-3,6-7,11-12H2,1H3/t16-,17+,18+,20?. The van der Waals surface area contributed by atoms with Crippen LogP contribution in [0.2, 0.25) is 0 Å². The summed E-state index contributed by atoms with van der Waals surface area (Å²) in [5, 5.41) is 10.5. The predicted octanol–water partition coefficient (Wildman–Crippen LogP) is 6.53. The Bertz CT molecular complexity index is 978. The van der Waals surface area contributed by atoms with Crippen molar-refractivity contribution in [3.8, 4) is 5.75 Å². The first-order chi connectivity index (χ1) is 16.0. The van der Waals surface area contributed by atoms with E-state index < -0.39 is 29.6 Å². The summed E-state index contributed by atoms with van der Waals surface area (Å²) in [6.45, 7) is 1.83. The second kappa shape index (κ2) is 9.28. The quantitative estimate of drug-likeness (QED) is 0.470. The van der Waals surface area contributed by atoms with Gasteiger partial charge in [-0.2, -0.15) is 26.3 Å². The molecule has 4 atom stereocenters. The number of ether oxygens (including phenoxy) is 1. The van der Waals surface area contributed by atoms with Crippen molar-refractivity contribution in [1.29, 1.82) is 0 Å². The highest BCUT2D eigenvalue weighted by Gasteiger charge is 2.43. The highest BCUT2D eigenvalue weighted by molar-refractivity contribution is 5.45. The zero-order valence-corrected chi connectivity index (χ0v) is 18.5. The number of pyridine rings is 1. The minimum absolute atomic E-state index is 0.00597. The Kier molecular flexibility index (Phi) is 6.72. The van der Waals surface area contributed by atoms with Gasteiger partial charge in [0.2, 0.25) is 0 Å². The highest BCUT2D eigenvalue weighted by Crippen LogP contribution is 2.42. The van der Waals surface area contributed by atoms with E-state index in [1.165, 1.54) is 12.1 Å². The fraction of sp³-hybridized carbons (Fsp3) is 0.542. The molecule has 34 heavy (non-hydrogen) atoms. The van der Waals surface area contributed by atoms with E-state index in [0.717, 1.165) is 37.2 Å². The van der Waals surface area contributed by atoms with E-state index in [4.69, 9.17) is 4.74 Å². The van der Waals surface area contributed by atoms with Crippen LogP contribution in [0.15, 0.2) is 36.5 Å². The molecule has 10 heteroatoms. The average molecular weight is 488 g/mol. The van der Waals surface area contributed by atoms with Crippen molar-refractivity contribution in [2.24, 2.45) is 0 Å². The van der Waals surface area contributed by atoms with Crippen LogP contribution in [0.4, 0.5) is 32.2 Å². The molecule has 2 aliphatic heterocycles. The van der Waals surface area contributed by atoms with Gasteiger partial charge in [0.25, 0.3) is 0 Å². The van der Waals surface area contributed by atoms with Gasteiger partial charge in [-0.05, 0) is 49.6 Å². The number of piperidine rings is 1. The Labute approximate surface area is 193 Å². The third-order valence-corrected chi connectivity index (χ3v) is 6.58. The Balaban J connectivity index is 1.51. The van der Waals surface area contributed by atoms with E-state index >= 15 is 0 Å². The lowest BCUT2D eigenvalue weighted by atomic mass is 9.98. The second-order valence-corrected chi connectivity index (χ2v) is 8.96. The zero-order valence-electron chi connectivity index (χ0n) is 18.5. The SMILES string of the molecule is CCCC(O)c1cc(C(F)(F)F)ccc1O[C@H]1C[C@H]2CC[C@@H](C1)N2c1ccc(C(F)(F)F)cn1. The van der Waals surface area contributed by atoms with Crippen LogP contribution in [0.1, 0.15) is 68.2 Å². The molecular weight excluding hydrogens is 462 g/mol. The number of halogens is 6. The molecule has 0 amide bonds. The molecule has 2 bridgehead atoms. The molecule has 0 aliphatic carbocycles. The number of fused-ring (bicyclic) bond motifs is 2. The maximum atomic E-state index is 13.2. The smallest absolute Gasteiger partial charge is 0.417 e. The van der Waals surface area contributed by atoms with Crippen LogP contribution >= 0.6 is 0 Å². The van der Waals surface area contributed by atoms with Crippen LogP contribution in [0.25, 0.3) is 0 Å². The highest BCUT2D eigenvalue weighted by atomic mass is 19.4. The Morgan fingerprint density at radius 1 is 1.00 bits per heavy atom. The summed E-state index contributed by atoms with van der Waals surface area (Å²) >= 11 is 0. The summed E-state index contributed by atoms with van der Waals surface area (Å²) in [4.78, 5) is 6.06. The van der Waals surface area contributed by atoms with Gasteiger partial charge in [0.15, 0.2) is 0 Å². The van der Waals surface area contributed by atoms with Crippen molar-refractivity contribution in [3.05, 3.63) is 53.2 Å². The van der Waals surface area contributed by atoms with Crippen LogP contribution in [0, 0.1) is 0 Å². The molecule has 1 aromatic carbocycles. The Hall–Kier alpha value is -2.49. The molecular formula is C24H26F6N2O2. The van der Waals surface area contributed by atoms with E-state index in [-0.39, 0.29) is 29.5 Å². The number of rotatable bonds is 6. The maximum absolute atomic E-state index is 13.2. The van der Waals surface area contributed by atoms with E-state index in [1.807, 2.05) is 11.8 Å². The van der Waals surface area contributed by atoms with Gasteiger partial charge >= 0.3 is 12.4 Å². The topological polar surface area (TPSA) is 45.6 Å². The monoisotopic (exact) mass is 488 g/mol. The van der Waals surface area contributed by atoms with Gasteiger partial charge in [-0.25, -0.2) is 4.98 Å². The lowest BCUT2D eigenvalue weighted by Gasteiger charge is -2.40. The van der Waals surface area contributed by atoms with Crippen molar-refractivity contribution in [2.45, 2.75) is 82.1 Å². The number of anilines is 1. The lowest BCUT2D eigenvalue weighted by Crippen LogP contribution is -2.47. The summed E-state index contributed by atoms with van der Waals surface area (Å²) in [5.74, 6) is 0.715. The first-order valence-corrected chi connectivity index (χ1v) is 11.3. The molecule has 4 nitrogen and oxygen atoms in total. The molecule has 4 rings (SSSR count). The van der Waals surface area contributed by atoms with E-state index in [1.54, 1.807) is 0 Å². The molecule has 1 aromatic heterocycles. The van der Waals surface area contributed by atoms with Gasteiger partial charge < -0.3 is 14.7 Å². The van der Waals surface area contributed by atoms with E-state index in [2.05, 4.69) is 4.98 Å². The van der Waals surface area contributed by atoms with Crippen molar-refractivity contribution in [2.75, 3.05) is 4.90 Å². The van der Waals surface area contributed by atoms with Crippen molar-refractivity contribution in [1.82, 2.24) is 4.98 Å². The molecule has 2 saturated heterocycles. The lowest BCUT2D eigenvalue weighted by molar-refractivity contribution is -0.138. The van der Waals surface area contributed by atoms with Gasteiger partial charge in [-0.1, -0.05) is 13.3 Å². The molecule has 1 N–H and O–H groups in total. The van der Waals surface area contributed by atoms with E-state index in [9.17, 15) is 31.4 Å². The van der Waals surface area contributed by atoms with Gasteiger partial charge in [-0.15, -0.1) is 0 Å². The molecule has 2 aliphatic rings. The molecule has 2 aromatic rings. The number of nitrogens with zero attached hydrogens (tertiary/aromatic N) is 2. The number of hydrogen-bond donors (Lipinski definition) is 1. The van der Waals surface area contributed by atoms with E-state index in [0.29, 0.717) is 31.5 Å². The first-order valence-electron chi connectivity index (χ1n) is 11.3. The minimum Gasteiger partial charge on any atom is -0.490 e. The molecule has 0 spiro atoms. The number of aromatic nitrogens is 1. The van der Waals surface area contributed by atoms with Crippen LogP contribution in [-0.4, -0.2) is 28.3 Å². The Morgan fingerprint density at radius 3 is 2.15 bits per heavy atom. The van der Waals surface area contributed by atoms with Gasteiger partial charge in [0.05, 0.1) is 17.2 Å². The molecule has 186 valence electrons. The third kappa shape index (κ3) is 5.11. The summed E-state index contributed by atoms with van der Waals surface area (Å²) in [5.41, 5.74) is -1.52. The van der Waals surface area contributed by atoms with Gasteiger partial charge in [0, 0.05) is 36.7 Å². The largest absolute Gasteiger partial charge is 0.490 e. The van der Waals surface area contributed by atoms with Crippen molar-refractivity contribution in [3.63, 3.8) is 0 Å². The predicted molar refractivity (Wildman–Crippen MR) is 113 cm³/mol. The molecule has 1 unspecified atom stereocenters. The number of aliphatic hydroxyl groups excluding tert-OH is 1. The average Bonchev–Trinajstić information content (AvgIpc) is 3.03.